The molecule has 4 heteroatoms. The van der Waals surface area contributed by atoms with Crippen LogP contribution in [0, 0.1) is 16.7 Å². The molecule has 13 heavy (non-hydrogen) atoms. The second kappa shape index (κ2) is 3.67. The van der Waals surface area contributed by atoms with Gasteiger partial charge in [0.15, 0.2) is 9.84 Å². The van der Waals surface area contributed by atoms with Gasteiger partial charge >= 0.3 is 0 Å². The van der Waals surface area contributed by atoms with Crippen LogP contribution in [0.4, 0.5) is 0 Å². The zero-order chi connectivity index (χ0) is 9.95. The van der Waals surface area contributed by atoms with Crippen LogP contribution >= 0.6 is 0 Å². The molecular formula is C9H15NO2S. The average Bonchev–Trinajstić information content (AvgIpc) is 2.53. The minimum atomic E-state index is -3.00. The van der Waals surface area contributed by atoms with Crippen LogP contribution in [0.1, 0.15) is 32.6 Å². The highest BCUT2D eigenvalue weighted by atomic mass is 32.2. The molecule has 1 aliphatic carbocycles. The quantitative estimate of drug-likeness (QED) is 0.695. The normalized spacial score (nSPS) is 21.2. The lowest BCUT2D eigenvalue weighted by atomic mass is 9.91. The Balaban J connectivity index is 2.77. The molecule has 0 amide bonds. The van der Waals surface area contributed by atoms with E-state index in [9.17, 15) is 8.42 Å². The van der Waals surface area contributed by atoms with Crippen molar-refractivity contribution >= 4 is 9.84 Å². The van der Waals surface area contributed by atoms with Gasteiger partial charge in [0, 0.05) is 5.75 Å². The lowest BCUT2D eigenvalue weighted by Gasteiger charge is -2.18. The van der Waals surface area contributed by atoms with E-state index in [4.69, 9.17) is 5.26 Å². The number of nitriles is 1. The molecule has 3 nitrogen and oxygen atoms in total. The van der Waals surface area contributed by atoms with Crippen molar-refractivity contribution < 1.29 is 8.42 Å². The van der Waals surface area contributed by atoms with Gasteiger partial charge in [0.25, 0.3) is 0 Å². The van der Waals surface area contributed by atoms with Gasteiger partial charge in [-0.15, -0.1) is 0 Å². The van der Waals surface area contributed by atoms with Gasteiger partial charge in [-0.05, 0) is 12.8 Å². The van der Waals surface area contributed by atoms with E-state index in [-0.39, 0.29) is 11.5 Å². The van der Waals surface area contributed by atoms with Gasteiger partial charge in [0.1, 0.15) is 0 Å². The molecule has 0 aromatic rings. The lowest BCUT2D eigenvalue weighted by molar-refractivity contribution is 0.455. The minimum Gasteiger partial charge on any atom is -0.229 e. The van der Waals surface area contributed by atoms with E-state index in [1.807, 2.05) is 0 Å². The molecule has 1 saturated carbocycles. The van der Waals surface area contributed by atoms with Gasteiger partial charge in [-0.25, -0.2) is 8.42 Å². The van der Waals surface area contributed by atoms with Crippen LogP contribution in [0.5, 0.6) is 0 Å². The van der Waals surface area contributed by atoms with E-state index in [1.165, 1.54) is 0 Å². The SMILES string of the molecule is CCS(=O)(=O)CC1(C#N)CCCC1. The molecule has 0 aromatic heterocycles. The average molecular weight is 201 g/mol. The summed E-state index contributed by atoms with van der Waals surface area (Å²) in [7, 11) is -3.00. The molecular weight excluding hydrogens is 186 g/mol. The van der Waals surface area contributed by atoms with Crippen LogP contribution in [0.2, 0.25) is 0 Å². The molecule has 0 bridgehead atoms. The maximum atomic E-state index is 11.4. The molecule has 0 spiro atoms. The first-order chi connectivity index (χ1) is 6.04. The van der Waals surface area contributed by atoms with Crippen LogP contribution in [-0.2, 0) is 9.84 Å². The van der Waals surface area contributed by atoms with Crippen LogP contribution < -0.4 is 0 Å². The van der Waals surface area contributed by atoms with Crippen LogP contribution in [0.25, 0.3) is 0 Å². The Morgan fingerprint density at radius 1 is 1.38 bits per heavy atom. The third-order valence-corrected chi connectivity index (χ3v) is 4.61. The summed E-state index contributed by atoms with van der Waals surface area (Å²) in [5.41, 5.74) is -0.561. The van der Waals surface area contributed by atoms with Crippen molar-refractivity contribution in [3.63, 3.8) is 0 Å². The zero-order valence-electron chi connectivity index (χ0n) is 7.91. The molecule has 0 atom stereocenters. The summed E-state index contributed by atoms with van der Waals surface area (Å²) in [4.78, 5) is 0. The van der Waals surface area contributed by atoms with Gasteiger partial charge < -0.3 is 0 Å². The molecule has 0 saturated heterocycles. The van der Waals surface area contributed by atoms with E-state index in [0.717, 1.165) is 25.7 Å². The maximum Gasteiger partial charge on any atom is 0.151 e. The van der Waals surface area contributed by atoms with Gasteiger partial charge in [0.2, 0.25) is 0 Å². The lowest BCUT2D eigenvalue weighted by Crippen LogP contribution is -2.26. The number of hydrogen-bond acceptors (Lipinski definition) is 3. The Labute approximate surface area is 79.7 Å². The van der Waals surface area contributed by atoms with Gasteiger partial charge in [0.05, 0.1) is 17.2 Å². The second-order valence-electron chi connectivity index (χ2n) is 3.78. The number of nitrogens with zero attached hydrogens (tertiary/aromatic N) is 1. The highest BCUT2D eigenvalue weighted by molar-refractivity contribution is 7.91. The molecule has 0 aromatic carbocycles. The van der Waals surface area contributed by atoms with Gasteiger partial charge in [-0.2, -0.15) is 5.26 Å². The summed E-state index contributed by atoms with van der Waals surface area (Å²) in [6.07, 6.45) is 3.49. The fraction of sp³-hybridized carbons (Fsp3) is 0.889. The van der Waals surface area contributed by atoms with Crippen molar-refractivity contribution in [3.8, 4) is 6.07 Å². The van der Waals surface area contributed by atoms with E-state index >= 15 is 0 Å². The Kier molecular flexibility index (Phi) is 2.97. The molecule has 1 fully saturated rings. The second-order valence-corrected chi connectivity index (χ2v) is 6.13. The molecule has 0 radical (unpaired) electrons. The molecule has 74 valence electrons. The molecule has 1 rings (SSSR count). The van der Waals surface area contributed by atoms with E-state index < -0.39 is 15.3 Å². The van der Waals surface area contributed by atoms with Gasteiger partial charge in [-0.1, -0.05) is 19.8 Å². The summed E-state index contributed by atoms with van der Waals surface area (Å²) in [5, 5.41) is 8.96. The third-order valence-electron chi connectivity index (χ3n) is 2.73. The van der Waals surface area contributed by atoms with Crippen molar-refractivity contribution in [2.45, 2.75) is 32.6 Å². The predicted octanol–water partition coefficient (Wildman–Crippen LogP) is 1.51. The summed E-state index contributed by atoms with van der Waals surface area (Å²) < 4.78 is 22.7. The smallest absolute Gasteiger partial charge is 0.151 e. The van der Waals surface area contributed by atoms with Crippen molar-refractivity contribution in [1.82, 2.24) is 0 Å². The maximum absolute atomic E-state index is 11.4. The minimum absolute atomic E-state index is 0.0625. The summed E-state index contributed by atoms with van der Waals surface area (Å²) in [6.45, 7) is 1.63. The molecule has 0 unspecified atom stereocenters. The number of sulfone groups is 1. The van der Waals surface area contributed by atoms with Crippen molar-refractivity contribution in [1.29, 1.82) is 5.26 Å². The highest BCUT2D eigenvalue weighted by Crippen LogP contribution is 2.38. The fourth-order valence-corrected chi connectivity index (χ4v) is 3.26. The first kappa shape index (κ1) is 10.5. The molecule has 0 N–H and O–H groups in total. The Bertz CT molecular complexity index is 307. The monoisotopic (exact) mass is 201 g/mol. The Morgan fingerprint density at radius 2 is 1.92 bits per heavy atom. The van der Waals surface area contributed by atoms with E-state index in [1.54, 1.807) is 6.92 Å². The fourth-order valence-electron chi connectivity index (χ4n) is 1.86. The number of rotatable bonds is 3. The van der Waals surface area contributed by atoms with E-state index in [0.29, 0.717) is 0 Å². The topological polar surface area (TPSA) is 57.9 Å². The van der Waals surface area contributed by atoms with Crippen molar-refractivity contribution in [2.24, 2.45) is 5.41 Å². The Hall–Kier alpha value is -0.560. The molecule has 1 aliphatic rings. The predicted molar refractivity (Wildman–Crippen MR) is 50.8 cm³/mol. The van der Waals surface area contributed by atoms with Crippen LogP contribution in [0.3, 0.4) is 0 Å². The number of hydrogen-bond donors (Lipinski definition) is 0. The third kappa shape index (κ3) is 2.44. The van der Waals surface area contributed by atoms with E-state index in [2.05, 4.69) is 6.07 Å². The molecule has 0 heterocycles. The van der Waals surface area contributed by atoms with Crippen molar-refractivity contribution in [3.05, 3.63) is 0 Å². The van der Waals surface area contributed by atoms with Crippen molar-refractivity contribution in [2.75, 3.05) is 11.5 Å². The highest BCUT2D eigenvalue weighted by Gasteiger charge is 2.37. The summed E-state index contributed by atoms with van der Waals surface area (Å²) >= 11 is 0. The van der Waals surface area contributed by atoms with Gasteiger partial charge in [-0.3, -0.25) is 0 Å². The standard InChI is InChI=1S/C9H15NO2S/c1-2-13(11,12)8-9(7-10)5-3-4-6-9/h2-6,8H2,1H3. The van der Waals surface area contributed by atoms with Crippen LogP contribution in [0.15, 0.2) is 0 Å². The molecule has 0 aliphatic heterocycles. The first-order valence-corrected chi connectivity index (χ1v) is 6.47. The zero-order valence-corrected chi connectivity index (χ0v) is 8.73. The Morgan fingerprint density at radius 3 is 2.31 bits per heavy atom. The van der Waals surface area contributed by atoms with Crippen LogP contribution in [-0.4, -0.2) is 19.9 Å². The summed E-state index contributed by atoms with van der Waals surface area (Å²) in [6, 6.07) is 2.19. The summed E-state index contributed by atoms with van der Waals surface area (Å²) in [5.74, 6) is 0.212. The first-order valence-electron chi connectivity index (χ1n) is 4.65. The largest absolute Gasteiger partial charge is 0.229 e.